The minimum Gasteiger partial charge on any atom is -0.497 e. The van der Waals surface area contributed by atoms with Gasteiger partial charge in [-0.05, 0) is 22.0 Å². The smallest absolute Gasteiger partial charge is 0.117 e. The average molecular weight is 185 g/mol. The van der Waals surface area contributed by atoms with Gasteiger partial charge in [-0.3, -0.25) is 0 Å². The van der Waals surface area contributed by atoms with Crippen molar-refractivity contribution in [2.75, 3.05) is 7.11 Å². The molecule has 0 aliphatic rings. The topological polar surface area (TPSA) is 9.23 Å². The first kappa shape index (κ1) is 8.32. The first-order chi connectivity index (χ1) is 6.31. The number of methoxy groups -OCH3 is 1. The standard InChI is InChI=1S/C11H9OSi/c1-12-10-6-8-4-2-3-5-9(8)7-11(10)13/h2-7H,1H3. The van der Waals surface area contributed by atoms with Gasteiger partial charge in [0.05, 0.1) is 17.4 Å². The van der Waals surface area contributed by atoms with E-state index in [1.807, 2.05) is 18.2 Å². The summed E-state index contributed by atoms with van der Waals surface area (Å²) in [5.74, 6) is 0.871. The zero-order chi connectivity index (χ0) is 9.26. The minimum absolute atomic E-state index is 0.871. The van der Waals surface area contributed by atoms with Crippen LogP contribution in [0.25, 0.3) is 10.8 Å². The highest BCUT2D eigenvalue weighted by molar-refractivity contribution is 6.35. The van der Waals surface area contributed by atoms with E-state index in [0.717, 1.165) is 10.9 Å². The molecule has 0 saturated heterocycles. The van der Waals surface area contributed by atoms with Gasteiger partial charge < -0.3 is 4.74 Å². The first-order valence-corrected chi connectivity index (χ1v) is 4.59. The fourth-order valence-corrected chi connectivity index (χ4v) is 1.72. The average Bonchev–Trinajstić information content (AvgIpc) is 2.17. The molecular weight excluding hydrogens is 176 g/mol. The Balaban J connectivity index is 2.74. The van der Waals surface area contributed by atoms with Crippen LogP contribution in [0.15, 0.2) is 36.4 Å². The first-order valence-electron chi connectivity index (χ1n) is 4.09. The highest BCUT2D eigenvalue weighted by atomic mass is 28.1. The predicted molar refractivity (Wildman–Crippen MR) is 55.9 cm³/mol. The quantitative estimate of drug-likeness (QED) is 0.614. The molecule has 2 heteroatoms. The largest absolute Gasteiger partial charge is 0.497 e. The second kappa shape index (κ2) is 3.22. The highest BCUT2D eigenvalue weighted by Gasteiger charge is 1.99. The third-order valence-corrected chi connectivity index (χ3v) is 2.46. The van der Waals surface area contributed by atoms with Crippen LogP contribution in [-0.4, -0.2) is 17.4 Å². The molecule has 0 atom stereocenters. The molecular formula is C11H9OSi. The maximum absolute atomic E-state index is 5.20. The van der Waals surface area contributed by atoms with Crippen molar-refractivity contribution >= 4 is 26.2 Å². The SMILES string of the molecule is COc1cc2ccccc2cc1[Si]. The Hall–Kier alpha value is -1.28. The van der Waals surface area contributed by atoms with Crippen molar-refractivity contribution in [3.63, 3.8) is 0 Å². The van der Waals surface area contributed by atoms with Crippen LogP contribution in [-0.2, 0) is 0 Å². The van der Waals surface area contributed by atoms with Crippen molar-refractivity contribution in [2.45, 2.75) is 0 Å². The lowest BCUT2D eigenvalue weighted by Gasteiger charge is -2.06. The van der Waals surface area contributed by atoms with E-state index in [9.17, 15) is 0 Å². The van der Waals surface area contributed by atoms with Gasteiger partial charge in [0.15, 0.2) is 0 Å². The molecule has 0 aliphatic carbocycles. The Morgan fingerprint density at radius 3 is 2.31 bits per heavy atom. The van der Waals surface area contributed by atoms with Crippen LogP contribution >= 0.6 is 0 Å². The Bertz CT molecular complexity index is 437. The highest BCUT2D eigenvalue weighted by Crippen LogP contribution is 2.17. The zero-order valence-corrected chi connectivity index (χ0v) is 8.37. The molecule has 2 aromatic rings. The van der Waals surface area contributed by atoms with Crippen LogP contribution in [0.3, 0.4) is 0 Å². The zero-order valence-electron chi connectivity index (χ0n) is 7.37. The number of hydrogen-bond donors (Lipinski definition) is 0. The van der Waals surface area contributed by atoms with Crippen LogP contribution in [0.4, 0.5) is 0 Å². The summed E-state index contributed by atoms with van der Waals surface area (Å²) in [6.07, 6.45) is 0. The molecule has 0 saturated carbocycles. The van der Waals surface area contributed by atoms with Crippen molar-refractivity contribution in [1.82, 2.24) is 0 Å². The molecule has 0 heterocycles. The normalized spacial score (nSPS) is 10.3. The number of hydrogen-bond acceptors (Lipinski definition) is 1. The summed E-state index contributed by atoms with van der Waals surface area (Å²) in [5, 5.41) is 3.40. The third kappa shape index (κ3) is 1.45. The molecule has 0 unspecified atom stereocenters. The number of benzene rings is 2. The van der Waals surface area contributed by atoms with Gasteiger partial charge in [-0.2, -0.15) is 0 Å². The van der Waals surface area contributed by atoms with Gasteiger partial charge in [-0.1, -0.05) is 30.3 Å². The molecule has 1 nitrogen and oxygen atoms in total. The summed E-state index contributed by atoms with van der Waals surface area (Å²) in [6.45, 7) is 0. The summed E-state index contributed by atoms with van der Waals surface area (Å²) < 4.78 is 5.20. The summed E-state index contributed by atoms with van der Waals surface area (Å²) in [6, 6.07) is 12.3. The summed E-state index contributed by atoms with van der Waals surface area (Å²) in [4.78, 5) is 0. The molecule has 0 fully saturated rings. The summed E-state index contributed by atoms with van der Waals surface area (Å²) in [5.41, 5.74) is 0. The molecule has 0 N–H and O–H groups in total. The maximum atomic E-state index is 5.20. The van der Waals surface area contributed by atoms with E-state index >= 15 is 0 Å². The van der Waals surface area contributed by atoms with Crippen LogP contribution in [0.5, 0.6) is 5.75 Å². The van der Waals surface area contributed by atoms with E-state index in [1.54, 1.807) is 7.11 Å². The van der Waals surface area contributed by atoms with E-state index in [2.05, 4.69) is 28.4 Å². The van der Waals surface area contributed by atoms with Crippen molar-refractivity contribution < 1.29 is 4.74 Å². The van der Waals surface area contributed by atoms with Gasteiger partial charge in [0, 0.05) is 0 Å². The Kier molecular flexibility index (Phi) is 2.06. The Labute approximate surface area is 80.8 Å². The Morgan fingerprint density at radius 2 is 1.69 bits per heavy atom. The molecule has 13 heavy (non-hydrogen) atoms. The van der Waals surface area contributed by atoms with Crippen LogP contribution in [0.2, 0.25) is 0 Å². The number of rotatable bonds is 1. The van der Waals surface area contributed by atoms with Crippen molar-refractivity contribution in [1.29, 1.82) is 0 Å². The lowest BCUT2D eigenvalue weighted by Crippen LogP contribution is -2.06. The van der Waals surface area contributed by atoms with Crippen LogP contribution in [0, 0.1) is 0 Å². The van der Waals surface area contributed by atoms with Crippen LogP contribution in [0.1, 0.15) is 0 Å². The summed E-state index contributed by atoms with van der Waals surface area (Å²) >= 11 is 0. The number of fused-ring (bicyclic) bond motifs is 1. The van der Waals surface area contributed by atoms with E-state index in [-0.39, 0.29) is 0 Å². The van der Waals surface area contributed by atoms with Crippen molar-refractivity contribution in [3.05, 3.63) is 36.4 Å². The van der Waals surface area contributed by atoms with E-state index in [4.69, 9.17) is 4.74 Å². The van der Waals surface area contributed by atoms with Crippen LogP contribution < -0.4 is 9.92 Å². The molecule has 0 spiro atoms. The van der Waals surface area contributed by atoms with Crippen molar-refractivity contribution in [3.8, 4) is 5.75 Å². The van der Waals surface area contributed by atoms with Gasteiger partial charge in [-0.25, -0.2) is 0 Å². The van der Waals surface area contributed by atoms with E-state index in [1.165, 1.54) is 10.8 Å². The molecule has 63 valence electrons. The summed E-state index contributed by atoms with van der Waals surface area (Å²) in [7, 11) is 5.18. The number of ether oxygens (including phenoxy) is 1. The fourth-order valence-electron chi connectivity index (χ4n) is 1.39. The van der Waals surface area contributed by atoms with Gasteiger partial charge in [0.2, 0.25) is 0 Å². The maximum Gasteiger partial charge on any atom is 0.117 e. The third-order valence-electron chi connectivity index (χ3n) is 2.07. The van der Waals surface area contributed by atoms with Crippen molar-refractivity contribution in [2.24, 2.45) is 0 Å². The van der Waals surface area contributed by atoms with E-state index < -0.39 is 0 Å². The second-order valence-corrected chi connectivity index (χ2v) is 3.44. The molecule has 3 radical (unpaired) electrons. The Morgan fingerprint density at radius 1 is 1.08 bits per heavy atom. The van der Waals surface area contributed by atoms with Gasteiger partial charge in [0.25, 0.3) is 0 Å². The van der Waals surface area contributed by atoms with E-state index in [0.29, 0.717) is 0 Å². The fraction of sp³-hybridized carbons (Fsp3) is 0.0909. The monoisotopic (exact) mass is 185 g/mol. The van der Waals surface area contributed by atoms with Gasteiger partial charge >= 0.3 is 0 Å². The molecule has 0 bridgehead atoms. The van der Waals surface area contributed by atoms with Gasteiger partial charge in [0.1, 0.15) is 5.75 Å². The lowest BCUT2D eigenvalue weighted by molar-refractivity contribution is 0.419. The molecule has 2 rings (SSSR count). The molecule has 0 amide bonds. The lowest BCUT2D eigenvalue weighted by atomic mass is 10.1. The molecule has 2 aromatic carbocycles. The van der Waals surface area contributed by atoms with Gasteiger partial charge in [-0.15, -0.1) is 0 Å². The molecule has 0 aromatic heterocycles. The molecule has 0 aliphatic heterocycles. The minimum atomic E-state index is 0.871. The predicted octanol–water partition coefficient (Wildman–Crippen LogP) is 1.64. The second-order valence-electron chi connectivity index (χ2n) is 2.90.